The van der Waals surface area contributed by atoms with E-state index >= 15 is 0 Å². The second-order valence-corrected chi connectivity index (χ2v) is 6.84. The molecule has 0 bridgehead atoms. The van der Waals surface area contributed by atoms with Gasteiger partial charge in [0, 0.05) is 19.9 Å². The number of fused-ring (bicyclic) bond motifs is 1. The number of hydrogen-bond acceptors (Lipinski definition) is 2. The van der Waals surface area contributed by atoms with Gasteiger partial charge in [-0.25, -0.2) is 14.4 Å². The molecule has 0 fully saturated rings. The van der Waals surface area contributed by atoms with Crippen LogP contribution in [0.25, 0.3) is 22.3 Å². The van der Waals surface area contributed by atoms with E-state index in [9.17, 15) is 4.39 Å². The minimum atomic E-state index is -0.474. The molecule has 1 aromatic heterocycles. The number of benzene rings is 2. The first-order valence-electron chi connectivity index (χ1n) is 5.73. The zero-order valence-corrected chi connectivity index (χ0v) is 14.9. The Morgan fingerprint density at radius 2 is 1.71 bits per heavy atom. The lowest BCUT2D eigenvalue weighted by atomic mass is 10.2. The van der Waals surface area contributed by atoms with Crippen LogP contribution in [0.1, 0.15) is 0 Å². The molecule has 3 rings (SSSR count). The quantitative estimate of drug-likeness (QED) is 0.408. The van der Waals surface area contributed by atoms with Crippen LogP contribution in [-0.2, 0) is 0 Å². The Kier molecular flexibility index (Phi) is 4.19. The minimum Gasteiger partial charge on any atom is -0.225 e. The van der Waals surface area contributed by atoms with Crippen molar-refractivity contribution in [3.05, 3.63) is 55.3 Å². The summed E-state index contributed by atoms with van der Waals surface area (Å²) in [7, 11) is 0. The van der Waals surface area contributed by atoms with Gasteiger partial charge in [-0.05, 0) is 30.3 Å². The third-order valence-electron chi connectivity index (χ3n) is 2.84. The van der Waals surface area contributed by atoms with Crippen LogP contribution in [-0.4, -0.2) is 9.97 Å². The second-order valence-electron chi connectivity index (χ2n) is 4.25. The molecule has 0 spiro atoms. The second kappa shape index (κ2) is 5.80. The zero-order valence-electron chi connectivity index (χ0n) is 10.2. The van der Waals surface area contributed by atoms with Gasteiger partial charge in [0.15, 0.2) is 11.6 Å². The van der Waals surface area contributed by atoms with Crippen LogP contribution < -0.4 is 0 Å². The number of hydrogen-bond donors (Lipinski definition) is 0. The molecule has 0 N–H and O–H groups in total. The van der Waals surface area contributed by atoms with E-state index in [1.165, 1.54) is 6.07 Å². The smallest absolute Gasteiger partial charge is 0.163 e. The van der Waals surface area contributed by atoms with Crippen LogP contribution in [0, 0.1) is 5.82 Å². The SMILES string of the molecule is Fc1cc(Br)cc2c(Cl)nc(-c3ccc(Br)cc3Cl)nc12. The molecule has 106 valence electrons. The van der Waals surface area contributed by atoms with E-state index in [2.05, 4.69) is 41.8 Å². The molecular weight excluding hydrogens is 446 g/mol. The zero-order chi connectivity index (χ0) is 15.1. The Morgan fingerprint density at radius 3 is 2.43 bits per heavy atom. The van der Waals surface area contributed by atoms with Gasteiger partial charge in [0.2, 0.25) is 0 Å². The predicted molar refractivity (Wildman–Crippen MR) is 90.4 cm³/mol. The Morgan fingerprint density at radius 1 is 0.952 bits per heavy atom. The van der Waals surface area contributed by atoms with Gasteiger partial charge < -0.3 is 0 Å². The molecule has 1 heterocycles. The molecular formula is C14H5Br2Cl2FN2. The fourth-order valence-corrected chi connectivity index (χ4v) is 3.32. The van der Waals surface area contributed by atoms with E-state index in [4.69, 9.17) is 23.2 Å². The molecule has 0 saturated carbocycles. The maximum Gasteiger partial charge on any atom is 0.163 e. The van der Waals surface area contributed by atoms with Crippen molar-refractivity contribution in [2.24, 2.45) is 0 Å². The number of nitrogens with zero attached hydrogens (tertiary/aromatic N) is 2. The van der Waals surface area contributed by atoms with Crippen LogP contribution in [0.4, 0.5) is 4.39 Å². The lowest BCUT2D eigenvalue weighted by Crippen LogP contribution is -1.95. The standard InChI is InChI=1S/C14H5Br2Cl2FN2/c15-6-1-2-8(10(17)4-6)14-20-12-9(13(18)21-14)3-7(16)5-11(12)19/h1-5H. The first-order valence-corrected chi connectivity index (χ1v) is 8.07. The van der Waals surface area contributed by atoms with Crippen molar-refractivity contribution in [3.63, 3.8) is 0 Å². The molecule has 7 heteroatoms. The predicted octanol–water partition coefficient (Wildman–Crippen LogP) is 6.27. The average Bonchev–Trinajstić information content (AvgIpc) is 2.40. The number of aromatic nitrogens is 2. The molecule has 2 nitrogen and oxygen atoms in total. The summed E-state index contributed by atoms with van der Waals surface area (Å²) in [6.45, 7) is 0. The van der Waals surface area contributed by atoms with Crippen LogP contribution in [0.15, 0.2) is 39.3 Å². The van der Waals surface area contributed by atoms with Gasteiger partial charge in [-0.2, -0.15) is 0 Å². The van der Waals surface area contributed by atoms with Gasteiger partial charge in [0.05, 0.1) is 5.02 Å². The number of rotatable bonds is 1. The van der Waals surface area contributed by atoms with Crippen molar-refractivity contribution in [2.45, 2.75) is 0 Å². The van der Waals surface area contributed by atoms with E-state index in [1.807, 2.05) is 0 Å². The summed E-state index contributed by atoms with van der Waals surface area (Å²) in [5.74, 6) is -0.190. The van der Waals surface area contributed by atoms with E-state index in [-0.39, 0.29) is 16.5 Å². The fourth-order valence-electron chi connectivity index (χ4n) is 1.91. The molecule has 0 aliphatic heterocycles. The minimum absolute atomic E-state index is 0.159. The van der Waals surface area contributed by atoms with E-state index in [0.717, 1.165) is 4.47 Å². The Hall–Kier alpha value is -0.750. The highest BCUT2D eigenvalue weighted by atomic mass is 79.9. The van der Waals surface area contributed by atoms with Crippen molar-refractivity contribution >= 4 is 66.0 Å². The monoisotopic (exact) mass is 448 g/mol. The van der Waals surface area contributed by atoms with Crippen molar-refractivity contribution in [1.82, 2.24) is 9.97 Å². The normalized spacial score (nSPS) is 11.1. The van der Waals surface area contributed by atoms with Gasteiger partial charge in [0.1, 0.15) is 10.7 Å². The lowest BCUT2D eigenvalue weighted by Gasteiger charge is -2.07. The van der Waals surface area contributed by atoms with Crippen LogP contribution in [0.5, 0.6) is 0 Å². The van der Waals surface area contributed by atoms with E-state index < -0.39 is 5.82 Å². The molecule has 0 amide bonds. The fraction of sp³-hybridized carbons (Fsp3) is 0. The summed E-state index contributed by atoms with van der Waals surface area (Å²) in [4.78, 5) is 8.46. The summed E-state index contributed by atoms with van der Waals surface area (Å²) in [6.07, 6.45) is 0. The molecule has 0 unspecified atom stereocenters. The molecule has 21 heavy (non-hydrogen) atoms. The molecule has 0 atom stereocenters. The maximum absolute atomic E-state index is 14.1. The Bertz CT molecular complexity index is 871. The molecule has 0 saturated heterocycles. The first kappa shape index (κ1) is 15.2. The van der Waals surface area contributed by atoms with Crippen molar-refractivity contribution in [3.8, 4) is 11.4 Å². The van der Waals surface area contributed by atoms with Crippen LogP contribution in [0.2, 0.25) is 10.2 Å². The summed E-state index contributed by atoms with van der Waals surface area (Å²) in [5, 5.41) is 1.08. The number of halogens is 5. The van der Waals surface area contributed by atoms with E-state index in [1.54, 1.807) is 24.3 Å². The maximum atomic E-state index is 14.1. The van der Waals surface area contributed by atoms with Crippen LogP contribution >= 0.6 is 55.1 Å². The molecule has 0 aliphatic rings. The van der Waals surface area contributed by atoms with Gasteiger partial charge in [-0.15, -0.1) is 0 Å². The van der Waals surface area contributed by atoms with Gasteiger partial charge >= 0.3 is 0 Å². The summed E-state index contributed by atoms with van der Waals surface area (Å²) in [6, 6.07) is 8.28. The Balaban J connectivity index is 2.30. The lowest BCUT2D eigenvalue weighted by molar-refractivity contribution is 0.636. The van der Waals surface area contributed by atoms with Crippen molar-refractivity contribution in [1.29, 1.82) is 0 Å². The highest BCUT2D eigenvalue weighted by molar-refractivity contribution is 9.10. The van der Waals surface area contributed by atoms with Crippen molar-refractivity contribution in [2.75, 3.05) is 0 Å². The molecule has 0 aliphatic carbocycles. The summed E-state index contributed by atoms with van der Waals surface area (Å²) >= 11 is 18.9. The van der Waals surface area contributed by atoms with Crippen molar-refractivity contribution < 1.29 is 4.39 Å². The largest absolute Gasteiger partial charge is 0.225 e. The molecule has 2 aromatic carbocycles. The average molecular weight is 451 g/mol. The highest BCUT2D eigenvalue weighted by Crippen LogP contribution is 2.32. The molecule has 3 aromatic rings. The van der Waals surface area contributed by atoms with Gasteiger partial charge in [-0.1, -0.05) is 55.1 Å². The Labute approximate surface area is 146 Å². The van der Waals surface area contributed by atoms with Crippen LogP contribution in [0.3, 0.4) is 0 Å². The van der Waals surface area contributed by atoms with E-state index in [0.29, 0.717) is 20.4 Å². The van der Waals surface area contributed by atoms with Gasteiger partial charge in [0.25, 0.3) is 0 Å². The summed E-state index contributed by atoms with van der Waals surface area (Å²) < 4.78 is 15.5. The third-order valence-corrected chi connectivity index (χ3v) is 4.40. The topological polar surface area (TPSA) is 25.8 Å². The molecule has 0 radical (unpaired) electrons. The van der Waals surface area contributed by atoms with Gasteiger partial charge in [-0.3, -0.25) is 0 Å². The first-order chi connectivity index (χ1) is 9.95. The highest BCUT2D eigenvalue weighted by Gasteiger charge is 2.14. The third kappa shape index (κ3) is 2.93. The summed E-state index contributed by atoms with van der Waals surface area (Å²) in [5.41, 5.74) is 0.748.